The van der Waals surface area contributed by atoms with Crippen molar-refractivity contribution in [2.75, 3.05) is 11.5 Å². The summed E-state index contributed by atoms with van der Waals surface area (Å²) in [6, 6.07) is 11.5. The van der Waals surface area contributed by atoms with Gasteiger partial charge in [0.05, 0.1) is 16.9 Å². The average molecular weight is 319 g/mol. The molecule has 0 bridgehead atoms. The van der Waals surface area contributed by atoms with Gasteiger partial charge in [-0.05, 0) is 36.8 Å². The van der Waals surface area contributed by atoms with Gasteiger partial charge in [-0.25, -0.2) is 0 Å². The smallest absolute Gasteiger partial charge is 0.251 e. The van der Waals surface area contributed by atoms with Gasteiger partial charge in [-0.15, -0.1) is 23.5 Å². The van der Waals surface area contributed by atoms with Crippen molar-refractivity contribution in [2.45, 2.75) is 17.5 Å². The lowest BCUT2D eigenvalue weighted by Gasteiger charge is -2.12. The molecule has 1 saturated heterocycles. The fourth-order valence-corrected chi connectivity index (χ4v) is 5.09. The monoisotopic (exact) mass is 319 g/mol. The first-order valence-electron chi connectivity index (χ1n) is 6.91. The van der Waals surface area contributed by atoms with Crippen LogP contribution in [-0.2, 0) is 0 Å². The van der Waals surface area contributed by atoms with Gasteiger partial charge in [-0.3, -0.25) is 4.79 Å². The Morgan fingerprint density at radius 1 is 1.24 bits per heavy atom. The Labute approximate surface area is 132 Å². The van der Waals surface area contributed by atoms with Crippen molar-refractivity contribution in [3.8, 4) is 0 Å². The predicted octanol–water partition coefficient (Wildman–Crippen LogP) is 4.25. The summed E-state index contributed by atoms with van der Waals surface area (Å²) in [5.74, 6) is 3.10. The molecule has 1 aromatic carbocycles. The van der Waals surface area contributed by atoms with E-state index < -0.39 is 0 Å². The van der Waals surface area contributed by atoms with Crippen molar-refractivity contribution in [1.29, 1.82) is 0 Å². The Morgan fingerprint density at radius 2 is 1.95 bits per heavy atom. The number of hydrogen-bond donors (Lipinski definition) is 1. The molecule has 21 heavy (non-hydrogen) atoms. The second kappa shape index (κ2) is 6.62. The van der Waals surface area contributed by atoms with Gasteiger partial charge in [0, 0.05) is 17.1 Å². The molecule has 0 saturated carbocycles. The van der Waals surface area contributed by atoms with Crippen LogP contribution in [0.5, 0.6) is 0 Å². The number of furan rings is 1. The zero-order chi connectivity index (χ0) is 14.7. The number of rotatable bonds is 4. The molecule has 1 N–H and O–H groups in total. The van der Waals surface area contributed by atoms with E-state index in [1.54, 1.807) is 6.26 Å². The Morgan fingerprint density at radius 3 is 2.57 bits per heavy atom. The van der Waals surface area contributed by atoms with E-state index >= 15 is 0 Å². The Bertz CT molecular complexity index is 589. The molecule has 5 heteroatoms. The maximum atomic E-state index is 12.2. The maximum absolute atomic E-state index is 12.2. The second-order valence-electron chi connectivity index (χ2n) is 4.91. The molecule has 2 heterocycles. The maximum Gasteiger partial charge on any atom is 0.251 e. The fraction of sp³-hybridized carbons (Fsp3) is 0.312. The fourth-order valence-electron chi connectivity index (χ4n) is 2.23. The van der Waals surface area contributed by atoms with Crippen LogP contribution in [0.4, 0.5) is 0 Å². The lowest BCUT2D eigenvalue weighted by Crippen LogP contribution is -2.26. The van der Waals surface area contributed by atoms with Crippen LogP contribution in [0, 0.1) is 0 Å². The number of benzene rings is 1. The Hall–Kier alpha value is -1.33. The molecule has 1 aliphatic rings. The van der Waals surface area contributed by atoms with Gasteiger partial charge >= 0.3 is 0 Å². The summed E-state index contributed by atoms with van der Waals surface area (Å²) >= 11 is 3.94. The van der Waals surface area contributed by atoms with Gasteiger partial charge in [0.1, 0.15) is 5.76 Å². The van der Waals surface area contributed by atoms with Crippen molar-refractivity contribution in [1.82, 2.24) is 5.32 Å². The Balaban J connectivity index is 1.64. The molecule has 1 aliphatic heterocycles. The molecule has 110 valence electrons. The van der Waals surface area contributed by atoms with Gasteiger partial charge in [0.2, 0.25) is 0 Å². The van der Waals surface area contributed by atoms with Crippen LogP contribution in [-0.4, -0.2) is 17.4 Å². The van der Waals surface area contributed by atoms with Crippen LogP contribution >= 0.6 is 23.5 Å². The van der Waals surface area contributed by atoms with Gasteiger partial charge in [0.25, 0.3) is 5.91 Å². The standard InChI is InChI=1S/C16H17NO2S2/c1-11(14-3-2-8-19-14)17-15(18)12-4-6-13(7-5-12)16-20-9-10-21-16/h2-8,11,16H,9-10H2,1H3,(H,17,18)/t11-/m1/s1. The minimum atomic E-state index is -0.131. The van der Waals surface area contributed by atoms with Crippen LogP contribution in [0.15, 0.2) is 47.1 Å². The number of thioether (sulfide) groups is 2. The van der Waals surface area contributed by atoms with E-state index in [1.807, 2.05) is 54.7 Å². The quantitative estimate of drug-likeness (QED) is 0.915. The molecule has 1 amide bonds. The normalized spacial score (nSPS) is 16.8. The summed E-state index contributed by atoms with van der Waals surface area (Å²) in [5, 5.41) is 2.94. The molecular formula is C16H17NO2S2. The highest BCUT2D eigenvalue weighted by Gasteiger charge is 2.19. The number of carbonyl (C=O) groups excluding carboxylic acids is 1. The first-order chi connectivity index (χ1) is 10.2. The van der Waals surface area contributed by atoms with E-state index in [0.717, 1.165) is 5.76 Å². The van der Waals surface area contributed by atoms with Crippen molar-refractivity contribution in [3.63, 3.8) is 0 Å². The van der Waals surface area contributed by atoms with Crippen molar-refractivity contribution >= 4 is 29.4 Å². The molecule has 3 rings (SSSR count). The van der Waals surface area contributed by atoms with Crippen LogP contribution in [0.3, 0.4) is 0 Å². The van der Waals surface area contributed by atoms with E-state index in [4.69, 9.17) is 4.42 Å². The second-order valence-corrected chi connectivity index (χ2v) is 7.63. The van der Waals surface area contributed by atoms with Crippen LogP contribution < -0.4 is 5.32 Å². The topological polar surface area (TPSA) is 42.2 Å². The van der Waals surface area contributed by atoms with Crippen molar-refractivity contribution < 1.29 is 9.21 Å². The molecule has 1 atom stereocenters. The van der Waals surface area contributed by atoms with E-state index in [-0.39, 0.29) is 11.9 Å². The number of amides is 1. The zero-order valence-electron chi connectivity index (χ0n) is 11.7. The first-order valence-corrected chi connectivity index (χ1v) is 9.01. The molecule has 0 spiro atoms. The third-order valence-corrected chi connectivity index (χ3v) is 6.49. The summed E-state index contributed by atoms with van der Waals surface area (Å²) in [6.45, 7) is 1.91. The van der Waals surface area contributed by atoms with E-state index in [2.05, 4.69) is 17.4 Å². The minimum Gasteiger partial charge on any atom is -0.467 e. The lowest BCUT2D eigenvalue weighted by atomic mass is 10.1. The number of carbonyl (C=O) groups is 1. The van der Waals surface area contributed by atoms with Gasteiger partial charge in [-0.2, -0.15) is 0 Å². The van der Waals surface area contributed by atoms with E-state index in [0.29, 0.717) is 10.1 Å². The molecule has 0 unspecified atom stereocenters. The minimum absolute atomic E-state index is 0.0721. The van der Waals surface area contributed by atoms with Crippen molar-refractivity contribution in [3.05, 3.63) is 59.5 Å². The number of hydrogen-bond acceptors (Lipinski definition) is 4. The largest absolute Gasteiger partial charge is 0.467 e. The first kappa shape index (κ1) is 14.6. The molecule has 0 radical (unpaired) electrons. The molecule has 2 aromatic rings. The summed E-state index contributed by atoms with van der Waals surface area (Å²) in [5.41, 5.74) is 1.98. The highest BCUT2D eigenvalue weighted by Crippen LogP contribution is 2.45. The predicted molar refractivity (Wildman–Crippen MR) is 88.7 cm³/mol. The van der Waals surface area contributed by atoms with Crippen LogP contribution in [0.2, 0.25) is 0 Å². The average Bonchev–Trinajstić information content (AvgIpc) is 3.20. The third kappa shape index (κ3) is 3.47. The highest BCUT2D eigenvalue weighted by molar-refractivity contribution is 8.19. The van der Waals surface area contributed by atoms with E-state index in [9.17, 15) is 4.79 Å². The van der Waals surface area contributed by atoms with Crippen molar-refractivity contribution in [2.24, 2.45) is 0 Å². The summed E-state index contributed by atoms with van der Waals surface area (Å²) < 4.78 is 5.82. The van der Waals surface area contributed by atoms with Gasteiger partial charge < -0.3 is 9.73 Å². The molecule has 1 fully saturated rings. The van der Waals surface area contributed by atoms with E-state index in [1.165, 1.54) is 17.1 Å². The molecule has 0 aliphatic carbocycles. The summed E-state index contributed by atoms with van der Waals surface area (Å²) in [4.78, 5) is 12.2. The Kier molecular flexibility index (Phi) is 4.60. The molecule has 3 nitrogen and oxygen atoms in total. The summed E-state index contributed by atoms with van der Waals surface area (Å²) in [6.07, 6.45) is 1.61. The SMILES string of the molecule is C[C@@H](NC(=O)c1ccc(C2SCCS2)cc1)c1ccco1. The lowest BCUT2D eigenvalue weighted by molar-refractivity contribution is 0.0935. The molecular weight excluding hydrogens is 302 g/mol. The van der Waals surface area contributed by atoms with Crippen LogP contribution in [0.25, 0.3) is 0 Å². The zero-order valence-corrected chi connectivity index (χ0v) is 13.4. The number of nitrogens with one attached hydrogen (secondary N) is 1. The molecule has 1 aromatic heterocycles. The summed E-state index contributed by atoms with van der Waals surface area (Å²) in [7, 11) is 0. The van der Waals surface area contributed by atoms with Crippen LogP contribution in [0.1, 0.15) is 39.2 Å². The third-order valence-electron chi connectivity index (χ3n) is 3.38. The highest BCUT2D eigenvalue weighted by atomic mass is 32.2. The van der Waals surface area contributed by atoms with Gasteiger partial charge in [0.15, 0.2) is 0 Å². The van der Waals surface area contributed by atoms with Gasteiger partial charge in [-0.1, -0.05) is 12.1 Å².